The van der Waals surface area contributed by atoms with Gasteiger partial charge in [-0.15, -0.1) is 24.0 Å². The molecule has 0 atom stereocenters. The van der Waals surface area contributed by atoms with Crippen LogP contribution < -0.4 is 10.6 Å². The molecule has 2 N–H and O–H groups in total. The summed E-state index contributed by atoms with van der Waals surface area (Å²) in [7, 11) is 0. The van der Waals surface area contributed by atoms with Crippen LogP contribution in [0.25, 0.3) is 0 Å². The molecular weight excluding hydrogens is 373 g/mol. The van der Waals surface area contributed by atoms with E-state index in [1.54, 1.807) is 0 Å². The summed E-state index contributed by atoms with van der Waals surface area (Å²) < 4.78 is 0. The van der Waals surface area contributed by atoms with E-state index in [2.05, 4.69) is 76.4 Å². The van der Waals surface area contributed by atoms with E-state index in [0.29, 0.717) is 0 Å². The highest BCUT2D eigenvalue weighted by molar-refractivity contribution is 14.0. The second-order valence-corrected chi connectivity index (χ2v) is 6.82. The summed E-state index contributed by atoms with van der Waals surface area (Å²) in [4.78, 5) is 4.74. The molecule has 0 aromatic heterocycles. The van der Waals surface area contributed by atoms with Gasteiger partial charge in [-0.3, -0.25) is 4.99 Å². The van der Waals surface area contributed by atoms with Crippen LogP contribution in [0.4, 0.5) is 0 Å². The van der Waals surface area contributed by atoms with Crippen molar-refractivity contribution in [3.05, 3.63) is 35.9 Å². The van der Waals surface area contributed by atoms with Gasteiger partial charge in [0.05, 0.1) is 6.54 Å². The first-order chi connectivity index (χ1) is 9.24. The standard InChI is InChI=1S/C17H29N3.HI/c1-7-18-15(20-16(2,3)4)19-13-17(5,6)14-11-9-8-10-12-14;/h8-12H,7,13H2,1-6H3,(H2,18,19,20);1H. The molecule has 120 valence electrons. The van der Waals surface area contributed by atoms with Crippen LogP contribution in [0.5, 0.6) is 0 Å². The number of nitrogens with zero attached hydrogens (tertiary/aromatic N) is 1. The van der Waals surface area contributed by atoms with Crippen LogP contribution in [0.2, 0.25) is 0 Å². The predicted molar refractivity (Wildman–Crippen MR) is 104 cm³/mol. The Hall–Kier alpha value is -0.780. The van der Waals surface area contributed by atoms with Crippen LogP contribution in [-0.4, -0.2) is 24.6 Å². The Morgan fingerprint density at radius 3 is 2.10 bits per heavy atom. The van der Waals surface area contributed by atoms with E-state index >= 15 is 0 Å². The van der Waals surface area contributed by atoms with Crippen molar-refractivity contribution < 1.29 is 0 Å². The molecule has 1 aromatic rings. The zero-order valence-electron chi connectivity index (χ0n) is 14.2. The quantitative estimate of drug-likeness (QED) is 0.454. The van der Waals surface area contributed by atoms with Crippen LogP contribution >= 0.6 is 24.0 Å². The molecule has 1 rings (SSSR count). The fourth-order valence-electron chi connectivity index (χ4n) is 1.92. The minimum Gasteiger partial charge on any atom is -0.357 e. The Morgan fingerprint density at radius 2 is 1.62 bits per heavy atom. The molecule has 21 heavy (non-hydrogen) atoms. The molecule has 0 saturated heterocycles. The molecule has 0 spiro atoms. The second-order valence-electron chi connectivity index (χ2n) is 6.82. The first-order valence-electron chi connectivity index (χ1n) is 7.36. The van der Waals surface area contributed by atoms with Gasteiger partial charge in [0.1, 0.15) is 0 Å². The zero-order chi connectivity index (χ0) is 15.2. The van der Waals surface area contributed by atoms with Crippen molar-refractivity contribution in [1.82, 2.24) is 10.6 Å². The lowest BCUT2D eigenvalue weighted by atomic mass is 9.85. The van der Waals surface area contributed by atoms with Gasteiger partial charge in [-0.2, -0.15) is 0 Å². The molecule has 0 radical (unpaired) electrons. The minimum atomic E-state index is 0. The van der Waals surface area contributed by atoms with Crippen LogP contribution in [0.3, 0.4) is 0 Å². The van der Waals surface area contributed by atoms with Gasteiger partial charge in [-0.05, 0) is 33.3 Å². The van der Waals surface area contributed by atoms with Crippen molar-refractivity contribution >= 4 is 29.9 Å². The SMILES string of the molecule is CCNC(=NCC(C)(C)c1ccccc1)NC(C)(C)C.I. The summed E-state index contributed by atoms with van der Waals surface area (Å²) in [5.74, 6) is 0.879. The first-order valence-corrected chi connectivity index (χ1v) is 7.36. The van der Waals surface area contributed by atoms with E-state index in [9.17, 15) is 0 Å². The van der Waals surface area contributed by atoms with Gasteiger partial charge in [-0.25, -0.2) is 0 Å². The summed E-state index contributed by atoms with van der Waals surface area (Å²) in [6.07, 6.45) is 0. The molecule has 0 aliphatic carbocycles. The number of rotatable bonds is 4. The summed E-state index contributed by atoms with van der Waals surface area (Å²) in [6.45, 7) is 14.6. The summed E-state index contributed by atoms with van der Waals surface area (Å²) in [5, 5.41) is 6.72. The van der Waals surface area contributed by atoms with Crippen molar-refractivity contribution in [3.8, 4) is 0 Å². The maximum Gasteiger partial charge on any atom is 0.191 e. The lowest BCUT2D eigenvalue weighted by Crippen LogP contribution is -2.48. The molecule has 0 unspecified atom stereocenters. The lowest BCUT2D eigenvalue weighted by molar-refractivity contribution is 0.493. The summed E-state index contributed by atoms with van der Waals surface area (Å²) >= 11 is 0. The highest BCUT2D eigenvalue weighted by Crippen LogP contribution is 2.22. The largest absolute Gasteiger partial charge is 0.357 e. The van der Waals surface area contributed by atoms with Gasteiger partial charge in [-0.1, -0.05) is 44.2 Å². The third-order valence-corrected chi connectivity index (χ3v) is 3.03. The Labute approximate surface area is 147 Å². The van der Waals surface area contributed by atoms with E-state index in [1.807, 2.05) is 6.07 Å². The normalized spacial score (nSPS) is 12.6. The van der Waals surface area contributed by atoms with Gasteiger partial charge < -0.3 is 10.6 Å². The molecule has 0 heterocycles. The Balaban J connectivity index is 0.00000400. The van der Waals surface area contributed by atoms with Gasteiger partial charge >= 0.3 is 0 Å². The first kappa shape index (κ1) is 20.2. The maximum atomic E-state index is 4.74. The van der Waals surface area contributed by atoms with Gasteiger partial charge in [0, 0.05) is 17.5 Å². The van der Waals surface area contributed by atoms with Crippen molar-refractivity contribution in [1.29, 1.82) is 0 Å². The van der Waals surface area contributed by atoms with E-state index < -0.39 is 0 Å². The van der Waals surface area contributed by atoms with E-state index in [4.69, 9.17) is 4.99 Å². The molecule has 0 fully saturated rings. The van der Waals surface area contributed by atoms with Gasteiger partial charge in [0.2, 0.25) is 0 Å². The van der Waals surface area contributed by atoms with E-state index in [1.165, 1.54) is 5.56 Å². The second kappa shape index (κ2) is 8.61. The number of halogens is 1. The average molecular weight is 403 g/mol. The predicted octanol–water partition coefficient (Wildman–Crippen LogP) is 3.94. The van der Waals surface area contributed by atoms with E-state index in [-0.39, 0.29) is 34.9 Å². The molecule has 0 saturated carbocycles. The molecule has 1 aromatic carbocycles. The molecule has 0 bridgehead atoms. The number of aliphatic imine (C=N–C) groups is 1. The smallest absolute Gasteiger partial charge is 0.191 e. The maximum absolute atomic E-state index is 4.74. The molecule has 0 amide bonds. The highest BCUT2D eigenvalue weighted by Gasteiger charge is 2.20. The number of hydrogen-bond acceptors (Lipinski definition) is 1. The Kier molecular flexibility index (Phi) is 8.29. The highest BCUT2D eigenvalue weighted by atomic mass is 127. The number of nitrogens with one attached hydrogen (secondary N) is 2. The molecule has 0 aliphatic heterocycles. The van der Waals surface area contributed by atoms with Crippen LogP contribution in [0.1, 0.15) is 47.1 Å². The van der Waals surface area contributed by atoms with Crippen LogP contribution in [0, 0.1) is 0 Å². The van der Waals surface area contributed by atoms with Crippen LogP contribution in [-0.2, 0) is 5.41 Å². The van der Waals surface area contributed by atoms with Crippen molar-refractivity contribution in [2.75, 3.05) is 13.1 Å². The Bertz CT molecular complexity index is 433. The number of guanidine groups is 1. The van der Waals surface area contributed by atoms with Crippen molar-refractivity contribution in [2.45, 2.75) is 52.5 Å². The molecule has 0 aliphatic rings. The van der Waals surface area contributed by atoms with Crippen LogP contribution in [0.15, 0.2) is 35.3 Å². The summed E-state index contributed by atoms with van der Waals surface area (Å²) in [5.41, 5.74) is 1.36. The van der Waals surface area contributed by atoms with Gasteiger partial charge in [0.15, 0.2) is 5.96 Å². The third-order valence-electron chi connectivity index (χ3n) is 3.03. The zero-order valence-corrected chi connectivity index (χ0v) is 16.5. The minimum absolute atomic E-state index is 0. The number of benzene rings is 1. The number of hydrogen-bond donors (Lipinski definition) is 2. The molecular formula is C17H30IN3. The monoisotopic (exact) mass is 403 g/mol. The van der Waals surface area contributed by atoms with E-state index in [0.717, 1.165) is 19.0 Å². The van der Waals surface area contributed by atoms with Crippen molar-refractivity contribution in [3.63, 3.8) is 0 Å². The van der Waals surface area contributed by atoms with Gasteiger partial charge in [0.25, 0.3) is 0 Å². The Morgan fingerprint density at radius 1 is 1.05 bits per heavy atom. The molecule has 3 nitrogen and oxygen atoms in total. The average Bonchev–Trinajstić information content (AvgIpc) is 2.36. The topological polar surface area (TPSA) is 36.4 Å². The van der Waals surface area contributed by atoms with Crippen molar-refractivity contribution in [2.24, 2.45) is 4.99 Å². The fourth-order valence-corrected chi connectivity index (χ4v) is 1.92. The molecule has 4 heteroatoms. The fraction of sp³-hybridized carbons (Fsp3) is 0.588. The summed E-state index contributed by atoms with van der Waals surface area (Å²) in [6, 6.07) is 10.5. The lowest BCUT2D eigenvalue weighted by Gasteiger charge is -2.27. The third kappa shape index (κ3) is 7.69.